The molecule has 0 atom stereocenters. The van der Waals surface area contributed by atoms with Crippen LogP contribution in [0.15, 0.2) is 30.0 Å². The fourth-order valence-electron chi connectivity index (χ4n) is 1.02. The summed E-state index contributed by atoms with van der Waals surface area (Å²) >= 11 is 0. The van der Waals surface area contributed by atoms with E-state index in [9.17, 15) is 9.18 Å². The maximum atomic E-state index is 13.2. The minimum Gasteiger partial charge on any atom is -0.478 e. The van der Waals surface area contributed by atoms with Crippen LogP contribution in [0.2, 0.25) is 0 Å². The van der Waals surface area contributed by atoms with E-state index in [1.807, 2.05) is 0 Å². The number of rotatable bonds is 3. The number of nitrogens with zero attached hydrogens (tertiary/aromatic N) is 2. The Kier molecular flexibility index (Phi) is 3.80. The maximum absolute atomic E-state index is 13.2. The first-order valence-electron chi connectivity index (χ1n) is 4.38. The van der Waals surface area contributed by atoms with Crippen molar-refractivity contribution in [3.8, 4) is 12.1 Å². The summed E-state index contributed by atoms with van der Waals surface area (Å²) in [4.78, 5) is 10.5. The SMILES string of the molecule is N#CC(C#N)=CNc1ccc(C(=O)O)c(F)c1. The lowest BCUT2D eigenvalue weighted by Gasteiger charge is -2.02. The molecule has 0 heterocycles. The number of carbonyl (C=O) groups is 1. The summed E-state index contributed by atoms with van der Waals surface area (Å²) in [7, 11) is 0. The third kappa shape index (κ3) is 3.05. The zero-order chi connectivity index (χ0) is 12.8. The Morgan fingerprint density at radius 1 is 1.41 bits per heavy atom. The smallest absolute Gasteiger partial charge is 0.338 e. The second-order valence-corrected chi connectivity index (χ2v) is 2.93. The normalized spacial score (nSPS) is 8.65. The van der Waals surface area contributed by atoms with Crippen LogP contribution in [0.25, 0.3) is 0 Å². The Balaban J connectivity index is 2.94. The number of aromatic carboxylic acids is 1. The van der Waals surface area contributed by atoms with Gasteiger partial charge in [-0.3, -0.25) is 0 Å². The van der Waals surface area contributed by atoms with Gasteiger partial charge in [0.1, 0.15) is 23.5 Å². The van der Waals surface area contributed by atoms with Gasteiger partial charge in [-0.2, -0.15) is 10.5 Å². The van der Waals surface area contributed by atoms with Gasteiger partial charge in [-0.05, 0) is 18.2 Å². The average Bonchev–Trinajstić information content (AvgIpc) is 2.30. The van der Waals surface area contributed by atoms with E-state index in [0.717, 1.165) is 18.3 Å². The molecule has 1 rings (SSSR count). The lowest BCUT2D eigenvalue weighted by molar-refractivity contribution is 0.0692. The minimum absolute atomic E-state index is 0.173. The third-order valence-electron chi connectivity index (χ3n) is 1.82. The predicted octanol–water partition coefficient (Wildman–Crippen LogP) is 1.87. The summed E-state index contributed by atoms with van der Waals surface area (Å²) in [5.74, 6) is -2.26. The molecule has 0 saturated heterocycles. The number of carboxylic acids is 1. The van der Waals surface area contributed by atoms with E-state index in [0.29, 0.717) is 0 Å². The highest BCUT2D eigenvalue weighted by atomic mass is 19.1. The molecule has 6 heteroatoms. The summed E-state index contributed by atoms with van der Waals surface area (Å²) in [5.41, 5.74) is -0.372. The van der Waals surface area contributed by atoms with E-state index < -0.39 is 17.3 Å². The van der Waals surface area contributed by atoms with Gasteiger partial charge in [-0.1, -0.05) is 0 Å². The Labute approximate surface area is 96.0 Å². The van der Waals surface area contributed by atoms with Crippen molar-refractivity contribution in [1.29, 1.82) is 10.5 Å². The van der Waals surface area contributed by atoms with Gasteiger partial charge < -0.3 is 10.4 Å². The highest BCUT2D eigenvalue weighted by Gasteiger charge is 2.09. The summed E-state index contributed by atoms with van der Waals surface area (Å²) < 4.78 is 13.2. The summed E-state index contributed by atoms with van der Waals surface area (Å²) in [6.07, 6.45) is 1.11. The average molecular weight is 231 g/mol. The van der Waals surface area contributed by atoms with Crippen LogP contribution in [-0.4, -0.2) is 11.1 Å². The number of hydrogen-bond acceptors (Lipinski definition) is 4. The van der Waals surface area contributed by atoms with Crippen molar-refractivity contribution in [2.45, 2.75) is 0 Å². The number of hydrogen-bond donors (Lipinski definition) is 2. The summed E-state index contributed by atoms with van der Waals surface area (Å²) in [5, 5.41) is 28.0. The third-order valence-corrected chi connectivity index (χ3v) is 1.82. The van der Waals surface area contributed by atoms with Crippen molar-refractivity contribution in [1.82, 2.24) is 0 Å². The summed E-state index contributed by atoms with van der Waals surface area (Å²) in [6.45, 7) is 0. The molecule has 2 N–H and O–H groups in total. The number of halogens is 1. The van der Waals surface area contributed by atoms with Gasteiger partial charge in [0.05, 0.1) is 5.56 Å². The first-order chi connectivity index (χ1) is 8.08. The van der Waals surface area contributed by atoms with Crippen molar-refractivity contribution in [2.24, 2.45) is 0 Å². The molecule has 84 valence electrons. The van der Waals surface area contributed by atoms with Crippen LogP contribution in [0.5, 0.6) is 0 Å². The largest absolute Gasteiger partial charge is 0.478 e. The molecule has 5 nitrogen and oxygen atoms in total. The van der Waals surface area contributed by atoms with Crippen molar-refractivity contribution in [3.63, 3.8) is 0 Å². The van der Waals surface area contributed by atoms with Crippen LogP contribution in [0.3, 0.4) is 0 Å². The molecule has 0 bridgehead atoms. The molecule has 0 amide bonds. The Hall–Kier alpha value is -2.86. The minimum atomic E-state index is -1.36. The standard InChI is InChI=1S/C11H6FN3O2/c12-10-3-8(1-2-9(10)11(16)17)15-6-7(4-13)5-14/h1-3,6,15H,(H,16,17). The fourth-order valence-corrected chi connectivity index (χ4v) is 1.02. The lowest BCUT2D eigenvalue weighted by Crippen LogP contribution is -2.01. The van der Waals surface area contributed by atoms with Gasteiger partial charge in [0.15, 0.2) is 0 Å². The number of nitrogens with one attached hydrogen (secondary N) is 1. The van der Waals surface area contributed by atoms with Gasteiger partial charge in [-0.25, -0.2) is 9.18 Å². The first kappa shape index (κ1) is 12.2. The summed E-state index contributed by atoms with van der Waals surface area (Å²) in [6, 6.07) is 6.61. The number of allylic oxidation sites excluding steroid dienone is 1. The van der Waals surface area contributed by atoms with Gasteiger partial charge in [0.2, 0.25) is 0 Å². The molecule has 0 radical (unpaired) electrons. The van der Waals surface area contributed by atoms with E-state index in [1.165, 1.54) is 6.07 Å². The van der Waals surface area contributed by atoms with Crippen LogP contribution < -0.4 is 5.32 Å². The molecule has 0 spiro atoms. The van der Waals surface area contributed by atoms with E-state index in [1.54, 1.807) is 12.1 Å². The van der Waals surface area contributed by atoms with Crippen LogP contribution in [0.4, 0.5) is 10.1 Å². The maximum Gasteiger partial charge on any atom is 0.338 e. The second-order valence-electron chi connectivity index (χ2n) is 2.93. The predicted molar refractivity (Wildman–Crippen MR) is 56.3 cm³/mol. The van der Waals surface area contributed by atoms with Crippen LogP contribution >= 0.6 is 0 Å². The van der Waals surface area contributed by atoms with Crippen LogP contribution in [0.1, 0.15) is 10.4 Å². The zero-order valence-corrected chi connectivity index (χ0v) is 8.44. The molecule has 0 aliphatic heterocycles. The Bertz CT molecular complexity index is 551. The van der Waals surface area contributed by atoms with E-state index in [-0.39, 0.29) is 11.3 Å². The van der Waals surface area contributed by atoms with Gasteiger partial charge >= 0.3 is 5.97 Å². The van der Waals surface area contributed by atoms with Crippen molar-refractivity contribution >= 4 is 11.7 Å². The van der Waals surface area contributed by atoms with Crippen molar-refractivity contribution in [2.75, 3.05) is 5.32 Å². The molecule has 0 aliphatic rings. The van der Waals surface area contributed by atoms with Crippen molar-refractivity contribution < 1.29 is 14.3 Å². The molecule has 1 aromatic rings. The van der Waals surface area contributed by atoms with Gasteiger partial charge in [-0.15, -0.1) is 0 Å². The molecule has 0 unspecified atom stereocenters. The number of anilines is 1. The molecule has 1 aromatic carbocycles. The zero-order valence-electron chi connectivity index (χ0n) is 8.44. The molecule has 0 saturated carbocycles. The van der Waals surface area contributed by atoms with Crippen molar-refractivity contribution in [3.05, 3.63) is 41.4 Å². The number of benzene rings is 1. The highest BCUT2D eigenvalue weighted by molar-refractivity contribution is 5.88. The van der Waals surface area contributed by atoms with E-state index >= 15 is 0 Å². The molecule has 0 aliphatic carbocycles. The molecular weight excluding hydrogens is 225 g/mol. The molecule has 0 fully saturated rings. The van der Waals surface area contributed by atoms with E-state index in [4.69, 9.17) is 15.6 Å². The van der Waals surface area contributed by atoms with Crippen LogP contribution in [0, 0.1) is 28.5 Å². The van der Waals surface area contributed by atoms with E-state index in [2.05, 4.69) is 5.32 Å². The fraction of sp³-hybridized carbons (Fsp3) is 0. The second kappa shape index (κ2) is 5.29. The number of carboxylic acid groups (broad SMARTS) is 1. The van der Waals surface area contributed by atoms with Gasteiger partial charge in [0, 0.05) is 11.9 Å². The monoisotopic (exact) mass is 231 g/mol. The van der Waals surface area contributed by atoms with Gasteiger partial charge in [0.25, 0.3) is 0 Å². The molecular formula is C11H6FN3O2. The topological polar surface area (TPSA) is 96.9 Å². The first-order valence-corrected chi connectivity index (χ1v) is 4.38. The molecule has 17 heavy (non-hydrogen) atoms. The Morgan fingerprint density at radius 3 is 2.53 bits per heavy atom. The number of nitriles is 2. The lowest BCUT2D eigenvalue weighted by atomic mass is 10.2. The van der Waals surface area contributed by atoms with Crippen LogP contribution in [-0.2, 0) is 0 Å². The highest BCUT2D eigenvalue weighted by Crippen LogP contribution is 2.14. The Morgan fingerprint density at radius 2 is 2.06 bits per heavy atom. The quantitative estimate of drug-likeness (QED) is 0.774. The molecule has 0 aromatic heterocycles.